The Morgan fingerprint density at radius 3 is 2.82 bits per heavy atom. The molecule has 0 radical (unpaired) electrons. The number of nitrogens with zero attached hydrogens (tertiary/aromatic N) is 3. The fraction of sp³-hybridized carbons (Fsp3) is 0.429. The second-order valence-corrected chi connectivity index (χ2v) is 5.93. The van der Waals surface area contributed by atoms with Crippen LogP contribution in [0.25, 0.3) is 0 Å². The molecule has 0 unspecified atom stereocenters. The molecule has 0 saturated carbocycles. The number of anilines is 1. The molecular weight excluding hydrogens is 286 g/mol. The van der Waals surface area contributed by atoms with E-state index in [0.29, 0.717) is 25.6 Å². The fourth-order valence-electron chi connectivity index (χ4n) is 3.63. The van der Waals surface area contributed by atoms with Gasteiger partial charge in [0.05, 0.1) is 0 Å². The van der Waals surface area contributed by atoms with Crippen molar-refractivity contribution in [1.82, 2.24) is 19.7 Å². The molecule has 0 aliphatic carbocycles. The highest BCUT2D eigenvalue weighted by Gasteiger charge is 2.35. The topological polar surface area (TPSA) is 104 Å². The lowest BCUT2D eigenvalue weighted by Gasteiger charge is -2.42. The maximum Gasteiger partial charge on any atom is 0.342 e. The van der Waals surface area contributed by atoms with E-state index < -0.39 is 11.2 Å². The Bertz CT molecular complexity index is 896. The summed E-state index contributed by atoms with van der Waals surface area (Å²) in [5.41, 5.74) is -0.0491. The van der Waals surface area contributed by atoms with Crippen molar-refractivity contribution in [3.05, 3.63) is 55.1 Å². The third kappa shape index (κ3) is 1.99. The molecule has 1 saturated heterocycles. The highest BCUT2D eigenvalue weighted by molar-refractivity contribution is 5.37. The molecule has 22 heavy (non-hydrogen) atoms. The SMILES string of the molecule is O=c1[nH]nc(N2C[C@@H]3C[C@H](C2)c2cccc(=O)n2C3)c(=O)[nH]1. The largest absolute Gasteiger partial charge is 0.350 e. The van der Waals surface area contributed by atoms with Gasteiger partial charge in [-0.1, -0.05) is 6.07 Å². The summed E-state index contributed by atoms with van der Waals surface area (Å²) in [6.07, 6.45) is 1.00. The molecule has 4 heterocycles. The monoisotopic (exact) mass is 301 g/mol. The molecule has 2 aromatic rings. The van der Waals surface area contributed by atoms with E-state index in [9.17, 15) is 14.4 Å². The number of rotatable bonds is 1. The first kappa shape index (κ1) is 13.1. The number of fused-ring (bicyclic) bond motifs is 4. The Balaban J connectivity index is 1.73. The van der Waals surface area contributed by atoms with Gasteiger partial charge in [0.15, 0.2) is 0 Å². The highest BCUT2D eigenvalue weighted by Crippen LogP contribution is 2.35. The Kier molecular flexibility index (Phi) is 2.78. The molecule has 1 fully saturated rings. The molecule has 2 bridgehead atoms. The van der Waals surface area contributed by atoms with Gasteiger partial charge in [-0.05, 0) is 18.4 Å². The van der Waals surface area contributed by atoms with Crippen LogP contribution in [-0.2, 0) is 6.54 Å². The van der Waals surface area contributed by atoms with Crippen molar-refractivity contribution in [2.24, 2.45) is 5.92 Å². The van der Waals surface area contributed by atoms with Gasteiger partial charge in [0.2, 0.25) is 5.82 Å². The molecule has 0 amide bonds. The van der Waals surface area contributed by atoms with Crippen LogP contribution in [0, 0.1) is 5.92 Å². The van der Waals surface area contributed by atoms with E-state index in [4.69, 9.17) is 0 Å². The van der Waals surface area contributed by atoms with Crippen LogP contribution in [0.4, 0.5) is 5.82 Å². The van der Waals surface area contributed by atoms with Crippen molar-refractivity contribution in [2.75, 3.05) is 18.0 Å². The smallest absolute Gasteiger partial charge is 0.342 e. The van der Waals surface area contributed by atoms with Crippen LogP contribution in [0.5, 0.6) is 0 Å². The van der Waals surface area contributed by atoms with Gasteiger partial charge in [-0.2, -0.15) is 0 Å². The van der Waals surface area contributed by atoms with Crippen LogP contribution in [0.2, 0.25) is 0 Å². The first-order valence-electron chi connectivity index (χ1n) is 7.25. The average Bonchev–Trinajstić information content (AvgIpc) is 2.48. The van der Waals surface area contributed by atoms with E-state index >= 15 is 0 Å². The number of aromatic amines is 2. The van der Waals surface area contributed by atoms with Gasteiger partial charge in [0.25, 0.3) is 11.1 Å². The second-order valence-electron chi connectivity index (χ2n) is 5.93. The first-order valence-corrected chi connectivity index (χ1v) is 7.25. The summed E-state index contributed by atoms with van der Waals surface area (Å²) < 4.78 is 1.83. The summed E-state index contributed by atoms with van der Waals surface area (Å²) in [6.45, 7) is 1.92. The summed E-state index contributed by atoms with van der Waals surface area (Å²) in [5, 5.41) is 6.15. The Hall–Kier alpha value is -2.64. The van der Waals surface area contributed by atoms with Crippen molar-refractivity contribution >= 4 is 5.82 Å². The molecule has 2 aliphatic rings. The van der Waals surface area contributed by atoms with Gasteiger partial charge in [0, 0.05) is 37.3 Å². The number of hydrogen-bond acceptors (Lipinski definition) is 5. The zero-order valence-corrected chi connectivity index (χ0v) is 11.8. The Morgan fingerprint density at radius 1 is 1.14 bits per heavy atom. The minimum atomic E-state index is -0.608. The normalized spacial score (nSPS) is 23.2. The molecule has 2 aromatic heterocycles. The Morgan fingerprint density at radius 2 is 2.00 bits per heavy atom. The van der Waals surface area contributed by atoms with Gasteiger partial charge < -0.3 is 9.47 Å². The summed E-state index contributed by atoms with van der Waals surface area (Å²) >= 11 is 0. The van der Waals surface area contributed by atoms with E-state index in [1.165, 1.54) is 0 Å². The van der Waals surface area contributed by atoms with Crippen molar-refractivity contribution in [2.45, 2.75) is 18.9 Å². The predicted octanol–water partition coefficient (Wildman–Crippen LogP) is -0.756. The molecule has 8 heteroatoms. The molecule has 0 spiro atoms. The van der Waals surface area contributed by atoms with Gasteiger partial charge in [-0.25, -0.2) is 9.89 Å². The van der Waals surface area contributed by atoms with E-state index in [1.54, 1.807) is 12.1 Å². The summed E-state index contributed by atoms with van der Waals surface area (Å²) in [5.74, 6) is 0.718. The maximum absolute atomic E-state index is 12.0. The molecule has 114 valence electrons. The van der Waals surface area contributed by atoms with Gasteiger partial charge >= 0.3 is 5.69 Å². The fourth-order valence-corrected chi connectivity index (χ4v) is 3.63. The van der Waals surface area contributed by atoms with Crippen LogP contribution < -0.4 is 21.7 Å². The number of piperidine rings is 1. The number of aromatic nitrogens is 4. The molecule has 2 aliphatic heterocycles. The summed E-state index contributed by atoms with van der Waals surface area (Å²) in [7, 11) is 0. The summed E-state index contributed by atoms with van der Waals surface area (Å²) in [6, 6.07) is 5.32. The lowest BCUT2D eigenvalue weighted by atomic mass is 9.83. The lowest BCUT2D eigenvalue weighted by molar-refractivity contribution is 0.280. The first-order chi connectivity index (χ1) is 10.6. The van der Waals surface area contributed by atoms with Crippen LogP contribution in [0.15, 0.2) is 32.6 Å². The molecule has 0 aromatic carbocycles. The highest BCUT2D eigenvalue weighted by atomic mass is 16.2. The molecule has 2 atom stereocenters. The van der Waals surface area contributed by atoms with Gasteiger partial charge in [-0.3, -0.25) is 14.6 Å². The van der Waals surface area contributed by atoms with Gasteiger partial charge in [0.1, 0.15) is 0 Å². The van der Waals surface area contributed by atoms with E-state index in [2.05, 4.69) is 15.2 Å². The van der Waals surface area contributed by atoms with E-state index in [0.717, 1.165) is 12.1 Å². The van der Waals surface area contributed by atoms with Gasteiger partial charge in [-0.15, -0.1) is 5.10 Å². The predicted molar refractivity (Wildman–Crippen MR) is 79.2 cm³/mol. The van der Waals surface area contributed by atoms with Crippen molar-refractivity contribution in [3.63, 3.8) is 0 Å². The second kappa shape index (κ2) is 4.69. The number of hydrogen-bond donors (Lipinski definition) is 2. The minimum Gasteiger partial charge on any atom is -0.350 e. The quantitative estimate of drug-likeness (QED) is 0.721. The molecule has 4 rings (SSSR count). The molecule has 8 nitrogen and oxygen atoms in total. The van der Waals surface area contributed by atoms with E-state index in [1.807, 2.05) is 15.5 Å². The Labute approximate surface area is 124 Å². The zero-order chi connectivity index (χ0) is 15.3. The van der Waals surface area contributed by atoms with Crippen LogP contribution in [-0.4, -0.2) is 32.8 Å². The third-order valence-electron chi connectivity index (χ3n) is 4.47. The molecule has 2 N–H and O–H groups in total. The van der Waals surface area contributed by atoms with Crippen LogP contribution in [0.1, 0.15) is 18.0 Å². The summed E-state index contributed by atoms with van der Waals surface area (Å²) in [4.78, 5) is 39.1. The average molecular weight is 301 g/mol. The minimum absolute atomic E-state index is 0.0284. The van der Waals surface area contributed by atoms with Crippen molar-refractivity contribution in [3.8, 4) is 0 Å². The number of nitrogens with one attached hydrogen (secondary N) is 2. The number of pyridine rings is 1. The third-order valence-corrected chi connectivity index (χ3v) is 4.47. The van der Waals surface area contributed by atoms with E-state index in [-0.39, 0.29) is 17.3 Å². The zero-order valence-electron chi connectivity index (χ0n) is 11.8. The van der Waals surface area contributed by atoms with Crippen LogP contribution >= 0.6 is 0 Å². The standard InChI is InChI=1S/C14H15N5O3/c20-11-3-1-2-10-9-4-8(6-19(10)11)5-18(7-9)12-13(21)15-14(22)17-16-12/h1-3,8-9H,4-7H2,(H2,15,17,21,22)/t8-,9+/m0/s1. The van der Waals surface area contributed by atoms with Crippen molar-refractivity contribution in [1.29, 1.82) is 0 Å². The number of H-pyrrole nitrogens is 2. The molecular formula is C14H15N5O3. The van der Waals surface area contributed by atoms with Crippen LogP contribution in [0.3, 0.4) is 0 Å². The lowest BCUT2D eigenvalue weighted by Crippen LogP contribution is -2.49. The maximum atomic E-state index is 12.0. The van der Waals surface area contributed by atoms with Crippen molar-refractivity contribution < 1.29 is 0 Å².